The molecule has 0 fully saturated rings. The molecular weight excluding hydrogens is 536 g/mol. The Kier molecular flexibility index (Phi) is 10.6. The monoisotopic (exact) mass is 574 g/mol. The summed E-state index contributed by atoms with van der Waals surface area (Å²) in [4.78, 5) is 48.8. The fourth-order valence-electron chi connectivity index (χ4n) is 3.98. The predicted octanol–water partition coefficient (Wildman–Crippen LogP) is 6.52. The molecule has 2 aromatic carbocycles. The van der Waals surface area contributed by atoms with Crippen LogP contribution < -0.4 is 10.4 Å². The van der Waals surface area contributed by atoms with Gasteiger partial charge < -0.3 is 18.6 Å². The molecule has 0 radical (unpaired) electrons. The normalized spacial score (nSPS) is 11.2. The van der Waals surface area contributed by atoms with Crippen molar-refractivity contribution >= 4 is 28.9 Å². The van der Waals surface area contributed by atoms with Gasteiger partial charge in [0.05, 0.1) is 24.2 Å². The third kappa shape index (κ3) is 8.77. The second kappa shape index (κ2) is 13.9. The van der Waals surface area contributed by atoms with Crippen LogP contribution in [0.2, 0.25) is 0 Å². The first-order valence-corrected chi connectivity index (χ1v) is 13.8. The summed E-state index contributed by atoms with van der Waals surface area (Å²) in [5, 5.41) is 0.734. The van der Waals surface area contributed by atoms with E-state index in [1.165, 1.54) is 0 Å². The maximum Gasteiger partial charge on any atom is 0.344 e. The topological polar surface area (TPSA) is 109 Å². The molecule has 222 valence electrons. The van der Waals surface area contributed by atoms with E-state index in [0.29, 0.717) is 59.3 Å². The Labute approximate surface area is 246 Å². The molecule has 0 spiro atoms. The van der Waals surface area contributed by atoms with Crippen LogP contribution in [-0.2, 0) is 36.7 Å². The lowest BCUT2D eigenvalue weighted by Gasteiger charge is -2.16. The van der Waals surface area contributed by atoms with Crippen LogP contribution in [0.3, 0.4) is 0 Å². The fourth-order valence-corrected chi connectivity index (χ4v) is 3.98. The molecule has 0 aliphatic carbocycles. The van der Waals surface area contributed by atoms with Crippen molar-refractivity contribution in [3.63, 3.8) is 0 Å². The van der Waals surface area contributed by atoms with Crippen molar-refractivity contribution < 1.29 is 33.0 Å². The van der Waals surface area contributed by atoms with Crippen molar-refractivity contribution in [2.24, 2.45) is 5.41 Å². The highest BCUT2D eigenvalue weighted by Gasteiger charge is 2.23. The molecular formula is C34H38O8. The van der Waals surface area contributed by atoms with Gasteiger partial charge in [-0.15, -0.1) is 0 Å². The molecule has 8 nitrogen and oxygen atoms in total. The third-order valence-electron chi connectivity index (χ3n) is 6.32. The second-order valence-corrected chi connectivity index (χ2v) is 11.3. The van der Waals surface area contributed by atoms with Gasteiger partial charge in [0.25, 0.3) is 0 Å². The first kappa shape index (κ1) is 32.1. The van der Waals surface area contributed by atoms with Crippen LogP contribution in [0.4, 0.5) is 0 Å². The Morgan fingerprint density at radius 1 is 0.833 bits per heavy atom. The van der Waals surface area contributed by atoms with Crippen LogP contribution in [0.5, 0.6) is 5.75 Å². The van der Waals surface area contributed by atoms with Crippen LogP contribution in [0.25, 0.3) is 22.1 Å². The first-order valence-electron chi connectivity index (χ1n) is 13.8. The summed E-state index contributed by atoms with van der Waals surface area (Å²) < 4.78 is 21.7. The summed E-state index contributed by atoms with van der Waals surface area (Å²) in [7, 11) is 0. The minimum Gasteiger partial charge on any atom is -0.462 e. The van der Waals surface area contributed by atoms with Gasteiger partial charge in [-0.05, 0) is 101 Å². The molecule has 0 N–H and O–H groups in total. The molecule has 3 rings (SSSR count). The van der Waals surface area contributed by atoms with Gasteiger partial charge in [-0.3, -0.25) is 4.79 Å². The van der Waals surface area contributed by atoms with Crippen molar-refractivity contribution in [1.82, 2.24) is 0 Å². The zero-order chi connectivity index (χ0) is 31.0. The highest BCUT2D eigenvalue weighted by atomic mass is 16.5. The number of fused-ring (bicyclic) bond motifs is 1. The number of hydrogen-bond donors (Lipinski definition) is 0. The SMILES string of the molecule is C=C(C)C(=O)OCCCc1cc(CCCOC(=O)C(=C)C)c2oc(=O)c(-c3ccc(OC(=O)C(C)(C)C)cc3)cc2c1. The minimum absolute atomic E-state index is 0.197. The molecule has 0 atom stereocenters. The Bertz CT molecular complexity index is 1550. The largest absolute Gasteiger partial charge is 0.462 e. The van der Waals surface area contributed by atoms with Gasteiger partial charge in [0.2, 0.25) is 0 Å². The number of carbonyl (C=O) groups is 3. The Hall–Kier alpha value is -4.46. The third-order valence-corrected chi connectivity index (χ3v) is 6.32. The fraction of sp³-hybridized carbons (Fsp3) is 0.353. The van der Waals surface area contributed by atoms with Crippen LogP contribution in [0.15, 0.2) is 76.0 Å². The van der Waals surface area contributed by atoms with Crippen LogP contribution in [0, 0.1) is 5.41 Å². The molecule has 0 amide bonds. The number of benzene rings is 2. The number of aryl methyl sites for hydroxylation is 2. The average molecular weight is 575 g/mol. The summed E-state index contributed by atoms with van der Waals surface area (Å²) in [6, 6.07) is 12.4. The minimum atomic E-state index is -0.647. The number of carbonyl (C=O) groups excluding carboxylic acids is 3. The molecule has 8 heteroatoms. The molecule has 1 heterocycles. The summed E-state index contributed by atoms with van der Waals surface area (Å²) in [6.07, 6.45) is 2.25. The molecule has 0 bridgehead atoms. The first-order chi connectivity index (χ1) is 19.8. The van der Waals surface area contributed by atoms with E-state index in [2.05, 4.69) is 13.2 Å². The smallest absolute Gasteiger partial charge is 0.344 e. The molecule has 42 heavy (non-hydrogen) atoms. The molecule has 0 saturated heterocycles. The van der Waals surface area contributed by atoms with Crippen molar-refractivity contribution in [3.05, 3.63) is 88.3 Å². The maximum atomic E-state index is 13.1. The Morgan fingerprint density at radius 2 is 1.40 bits per heavy atom. The summed E-state index contributed by atoms with van der Waals surface area (Å²) in [6.45, 7) is 16.1. The number of rotatable bonds is 12. The zero-order valence-corrected chi connectivity index (χ0v) is 25.0. The van der Waals surface area contributed by atoms with E-state index in [1.54, 1.807) is 65.0 Å². The highest BCUT2D eigenvalue weighted by Crippen LogP contribution is 2.28. The summed E-state index contributed by atoms with van der Waals surface area (Å²) in [5.74, 6) is -0.852. The number of ether oxygens (including phenoxy) is 3. The molecule has 1 aromatic heterocycles. The number of esters is 3. The number of hydrogen-bond acceptors (Lipinski definition) is 8. The van der Waals surface area contributed by atoms with Crippen molar-refractivity contribution in [2.75, 3.05) is 13.2 Å². The van der Waals surface area contributed by atoms with Gasteiger partial charge in [-0.2, -0.15) is 0 Å². The highest BCUT2D eigenvalue weighted by molar-refractivity contribution is 5.87. The van der Waals surface area contributed by atoms with Crippen molar-refractivity contribution in [1.29, 1.82) is 0 Å². The lowest BCUT2D eigenvalue weighted by Crippen LogP contribution is -2.25. The molecule has 0 aliphatic heterocycles. The summed E-state index contributed by atoms with van der Waals surface area (Å²) in [5.41, 5.74) is 2.75. The average Bonchev–Trinajstić information content (AvgIpc) is 2.92. The van der Waals surface area contributed by atoms with Gasteiger partial charge in [-0.25, -0.2) is 14.4 Å². The van der Waals surface area contributed by atoms with E-state index in [4.69, 9.17) is 18.6 Å². The van der Waals surface area contributed by atoms with Crippen LogP contribution in [-0.4, -0.2) is 31.1 Å². The van der Waals surface area contributed by atoms with Gasteiger partial charge in [-0.1, -0.05) is 31.4 Å². The van der Waals surface area contributed by atoms with E-state index >= 15 is 0 Å². The second-order valence-electron chi connectivity index (χ2n) is 11.3. The molecule has 3 aromatic rings. The van der Waals surface area contributed by atoms with Crippen LogP contribution in [0.1, 0.15) is 58.6 Å². The Balaban J connectivity index is 1.89. The van der Waals surface area contributed by atoms with Gasteiger partial charge in [0.15, 0.2) is 0 Å². The molecule has 0 unspecified atom stereocenters. The van der Waals surface area contributed by atoms with Gasteiger partial charge >= 0.3 is 23.5 Å². The lowest BCUT2D eigenvalue weighted by molar-refractivity contribution is -0.143. The zero-order valence-electron chi connectivity index (χ0n) is 25.0. The van der Waals surface area contributed by atoms with E-state index in [9.17, 15) is 19.2 Å². The Morgan fingerprint density at radius 3 is 1.95 bits per heavy atom. The maximum absolute atomic E-state index is 13.1. The van der Waals surface area contributed by atoms with Crippen molar-refractivity contribution in [2.45, 2.75) is 60.3 Å². The van der Waals surface area contributed by atoms with Crippen molar-refractivity contribution in [3.8, 4) is 16.9 Å². The van der Waals surface area contributed by atoms with E-state index in [0.717, 1.165) is 16.5 Å². The standard InChI is InChI=1S/C34H38O8/c1-21(2)30(35)39-16-8-10-23-18-25(11-9-17-40-31(36)22(3)4)29-26(19-23)20-28(32(37)42-29)24-12-14-27(15-13-24)41-33(38)34(5,6)7/h12-15,18-20H,1,3,8-11,16-17H2,2,4-7H3. The molecule has 0 aliphatic rings. The predicted molar refractivity (Wildman–Crippen MR) is 161 cm³/mol. The van der Waals surface area contributed by atoms with E-state index in [1.807, 2.05) is 12.1 Å². The van der Waals surface area contributed by atoms with Gasteiger partial charge in [0, 0.05) is 16.5 Å². The molecule has 0 saturated carbocycles. The van der Waals surface area contributed by atoms with E-state index < -0.39 is 23.0 Å². The van der Waals surface area contributed by atoms with E-state index in [-0.39, 0.29) is 19.2 Å². The summed E-state index contributed by atoms with van der Waals surface area (Å²) >= 11 is 0. The van der Waals surface area contributed by atoms with Crippen LogP contribution >= 0.6 is 0 Å². The van der Waals surface area contributed by atoms with Gasteiger partial charge in [0.1, 0.15) is 11.3 Å². The lowest BCUT2D eigenvalue weighted by atomic mass is 9.97. The quantitative estimate of drug-likeness (QED) is 0.0791.